The number of hydrogen-bond acceptors (Lipinski definition) is 4. The van der Waals surface area contributed by atoms with E-state index in [1.165, 1.54) is 19.2 Å². The van der Waals surface area contributed by atoms with Crippen LogP contribution in [-0.4, -0.2) is 35.5 Å². The average Bonchev–Trinajstić information content (AvgIpc) is 2.51. The van der Waals surface area contributed by atoms with Crippen molar-refractivity contribution in [2.75, 3.05) is 24.5 Å². The monoisotopic (exact) mass is 290 g/mol. The van der Waals surface area contributed by atoms with Crippen LogP contribution in [0.1, 0.15) is 56.4 Å². The Labute approximate surface area is 127 Å². The molecule has 0 spiro atoms. The van der Waals surface area contributed by atoms with Crippen LogP contribution >= 0.6 is 0 Å². The van der Waals surface area contributed by atoms with Crippen molar-refractivity contribution in [1.82, 2.24) is 15.3 Å². The average molecular weight is 290 g/mol. The maximum Gasteiger partial charge on any atom is 0.270 e. The molecular weight excluding hydrogens is 264 g/mol. The van der Waals surface area contributed by atoms with Crippen LogP contribution in [0, 0.1) is 5.92 Å². The first-order valence-corrected chi connectivity index (χ1v) is 8.06. The van der Waals surface area contributed by atoms with Crippen molar-refractivity contribution >= 4 is 11.7 Å². The first-order valence-electron chi connectivity index (χ1n) is 8.06. The molecule has 1 N–H and O–H groups in total. The standard InChI is InChI=1S/C16H26N4O/c1-3-4-5-8-17-16(21)14-10-15(19-12-18-14)20-9-6-7-13(2)11-20/h10,12-13H,3-9,11H2,1-2H3,(H,17,21). The number of nitrogens with one attached hydrogen (secondary N) is 1. The molecule has 0 aromatic carbocycles. The van der Waals surface area contributed by atoms with E-state index in [2.05, 4.69) is 34.0 Å². The van der Waals surface area contributed by atoms with Crippen LogP contribution in [0.4, 0.5) is 5.82 Å². The third-order valence-electron chi connectivity index (χ3n) is 3.93. The lowest BCUT2D eigenvalue weighted by molar-refractivity contribution is 0.0948. The normalized spacial score (nSPS) is 18.6. The summed E-state index contributed by atoms with van der Waals surface area (Å²) < 4.78 is 0. The fraction of sp³-hybridized carbons (Fsp3) is 0.688. The highest BCUT2D eigenvalue weighted by Gasteiger charge is 2.18. The third-order valence-corrected chi connectivity index (χ3v) is 3.93. The molecule has 1 unspecified atom stereocenters. The van der Waals surface area contributed by atoms with Crippen LogP contribution in [0.15, 0.2) is 12.4 Å². The van der Waals surface area contributed by atoms with E-state index in [1.54, 1.807) is 0 Å². The van der Waals surface area contributed by atoms with Gasteiger partial charge >= 0.3 is 0 Å². The van der Waals surface area contributed by atoms with Gasteiger partial charge in [-0.2, -0.15) is 0 Å². The quantitative estimate of drug-likeness (QED) is 0.818. The van der Waals surface area contributed by atoms with Gasteiger partial charge in [0.1, 0.15) is 17.8 Å². The van der Waals surface area contributed by atoms with E-state index in [-0.39, 0.29) is 5.91 Å². The largest absolute Gasteiger partial charge is 0.356 e. The van der Waals surface area contributed by atoms with E-state index < -0.39 is 0 Å². The van der Waals surface area contributed by atoms with Gasteiger partial charge in [0.2, 0.25) is 0 Å². The summed E-state index contributed by atoms with van der Waals surface area (Å²) in [6, 6.07) is 1.81. The van der Waals surface area contributed by atoms with Crippen LogP contribution in [0.2, 0.25) is 0 Å². The summed E-state index contributed by atoms with van der Waals surface area (Å²) in [5, 5.41) is 2.92. The lowest BCUT2D eigenvalue weighted by Crippen LogP contribution is -2.35. The first kappa shape index (κ1) is 15.7. The van der Waals surface area contributed by atoms with Gasteiger partial charge in [-0.1, -0.05) is 26.7 Å². The van der Waals surface area contributed by atoms with Gasteiger partial charge in [-0.05, 0) is 25.2 Å². The van der Waals surface area contributed by atoms with E-state index in [4.69, 9.17) is 0 Å². The second-order valence-electron chi connectivity index (χ2n) is 5.92. The van der Waals surface area contributed by atoms with E-state index in [9.17, 15) is 4.79 Å². The number of unbranched alkanes of at least 4 members (excludes halogenated alkanes) is 2. The van der Waals surface area contributed by atoms with E-state index >= 15 is 0 Å². The number of aromatic nitrogens is 2. The predicted molar refractivity (Wildman–Crippen MR) is 84.5 cm³/mol. The maximum atomic E-state index is 12.1. The SMILES string of the molecule is CCCCCNC(=O)c1cc(N2CCCC(C)C2)ncn1. The smallest absolute Gasteiger partial charge is 0.270 e. The van der Waals surface area contributed by atoms with Crippen molar-refractivity contribution in [3.63, 3.8) is 0 Å². The molecule has 1 aliphatic heterocycles. The van der Waals surface area contributed by atoms with E-state index in [1.807, 2.05) is 6.07 Å². The maximum absolute atomic E-state index is 12.1. The lowest BCUT2D eigenvalue weighted by Gasteiger charge is -2.31. The molecule has 5 heteroatoms. The van der Waals surface area contributed by atoms with Gasteiger partial charge in [0.25, 0.3) is 5.91 Å². The number of piperidine rings is 1. The lowest BCUT2D eigenvalue weighted by atomic mass is 10.0. The zero-order valence-electron chi connectivity index (χ0n) is 13.1. The molecule has 0 saturated carbocycles. The summed E-state index contributed by atoms with van der Waals surface area (Å²) in [5.74, 6) is 1.45. The second kappa shape index (κ2) is 7.96. The molecular formula is C16H26N4O. The Hall–Kier alpha value is -1.65. The summed E-state index contributed by atoms with van der Waals surface area (Å²) in [6.45, 7) is 7.15. The highest BCUT2D eigenvalue weighted by atomic mass is 16.1. The van der Waals surface area contributed by atoms with Crippen molar-refractivity contribution in [2.24, 2.45) is 5.92 Å². The van der Waals surface area contributed by atoms with Gasteiger partial charge in [0.05, 0.1) is 0 Å². The van der Waals surface area contributed by atoms with Gasteiger partial charge in [0, 0.05) is 25.7 Å². The summed E-state index contributed by atoms with van der Waals surface area (Å²) in [6.07, 6.45) is 7.26. The highest BCUT2D eigenvalue weighted by Crippen LogP contribution is 2.21. The molecule has 1 aromatic rings. The number of hydrogen-bond donors (Lipinski definition) is 1. The Kier molecular flexibility index (Phi) is 5.96. The zero-order chi connectivity index (χ0) is 15.1. The van der Waals surface area contributed by atoms with Crippen LogP contribution in [0.25, 0.3) is 0 Å². The van der Waals surface area contributed by atoms with Crippen molar-refractivity contribution < 1.29 is 4.79 Å². The molecule has 116 valence electrons. The van der Waals surface area contributed by atoms with Crippen molar-refractivity contribution in [1.29, 1.82) is 0 Å². The fourth-order valence-corrected chi connectivity index (χ4v) is 2.71. The van der Waals surface area contributed by atoms with Crippen LogP contribution in [0.5, 0.6) is 0 Å². The highest BCUT2D eigenvalue weighted by molar-refractivity contribution is 5.92. The molecule has 5 nitrogen and oxygen atoms in total. The third kappa shape index (κ3) is 4.69. The number of nitrogens with zero attached hydrogens (tertiary/aromatic N) is 3. The van der Waals surface area contributed by atoms with Crippen molar-refractivity contribution in [3.05, 3.63) is 18.1 Å². The molecule has 2 heterocycles. The van der Waals surface area contributed by atoms with Gasteiger partial charge < -0.3 is 10.2 Å². The number of carbonyl (C=O) groups is 1. The molecule has 21 heavy (non-hydrogen) atoms. The van der Waals surface area contributed by atoms with Gasteiger partial charge in [-0.25, -0.2) is 9.97 Å². The Morgan fingerprint density at radius 1 is 1.43 bits per heavy atom. The van der Waals surface area contributed by atoms with Crippen LogP contribution < -0.4 is 10.2 Å². The minimum atomic E-state index is -0.0974. The molecule has 1 amide bonds. The van der Waals surface area contributed by atoms with Gasteiger partial charge in [-0.15, -0.1) is 0 Å². The fourth-order valence-electron chi connectivity index (χ4n) is 2.71. The van der Waals surface area contributed by atoms with Gasteiger partial charge in [0.15, 0.2) is 0 Å². The Morgan fingerprint density at radius 3 is 3.05 bits per heavy atom. The molecule has 0 bridgehead atoms. The number of amides is 1. The first-order chi connectivity index (χ1) is 10.2. The number of anilines is 1. The Balaban J connectivity index is 1.95. The Bertz CT molecular complexity index is 463. The molecule has 1 atom stereocenters. The van der Waals surface area contributed by atoms with E-state index in [0.717, 1.165) is 38.2 Å². The predicted octanol–water partition coefficient (Wildman–Crippen LogP) is 2.63. The summed E-state index contributed by atoms with van der Waals surface area (Å²) in [4.78, 5) is 22.8. The summed E-state index contributed by atoms with van der Waals surface area (Å²) in [7, 11) is 0. The summed E-state index contributed by atoms with van der Waals surface area (Å²) in [5.41, 5.74) is 0.467. The topological polar surface area (TPSA) is 58.1 Å². The van der Waals surface area contributed by atoms with Crippen molar-refractivity contribution in [3.8, 4) is 0 Å². The number of rotatable bonds is 6. The second-order valence-corrected chi connectivity index (χ2v) is 5.92. The molecule has 1 aromatic heterocycles. The Morgan fingerprint density at radius 2 is 2.29 bits per heavy atom. The minimum Gasteiger partial charge on any atom is -0.356 e. The molecule has 1 saturated heterocycles. The molecule has 0 aliphatic carbocycles. The van der Waals surface area contributed by atoms with Crippen LogP contribution in [0.3, 0.4) is 0 Å². The summed E-state index contributed by atoms with van der Waals surface area (Å²) >= 11 is 0. The van der Waals surface area contributed by atoms with Crippen LogP contribution in [-0.2, 0) is 0 Å². The van der Waals surface area contributed by atoms with Gasteiger partial charge in [-0.3, -0.25) is 4.79 Å². The van der Waals surface area contributed by atoms with Crippen molar-refractivity contribution in [2.45, 2.75) is 46.0 Å². The molecule has 1 fully saturated rings. The van der Waals surface area contributed by atoms with E-state index in [0.29, 0.717) is 18.2 Å². The number of carbonyl (C=O) groups excluding carboxylic acids is 1. The molecule has 2 rings (SSSR count). The molecule has 0 radical (unpaired) electrons. The molecule has 1 aliphatic rings. The zero-order valence-corrected chi connectivity index (χ0v) is 13.1. The minimum absolute atomic E-state index is 0.0974.